The van der Waals surface area contributed by atoms with E-state index in [1.807, 2.05) is 0 Å². The Hall–Kier alpha value is 0.270. The number of piperidine rings is 1. The Bertz CT molecular complexity index is 177. The van der Waals surface area contributed by atoms with Gasteiger partial charge in [0.1, 0.15) is 0 Å². The van der Waals surface area contributed by atoms with Crippen molar-refractivity contribution in [2.45, 2.75) is 39.2 Å². The lowest BCUT2D eigenvalue weighted by Gasteiger charge is -2.34. The number of thiol groups is 1. The van der Waals surface area contributed by atoms with E-state index in [0.29, 0.717) is 5.92 Å². The minimum Gasteiger partial charge on any atom is -0.392 e. The maximum Gasteiger partial charge on any atom is 0.0693 e. The van der Waals surface area contributed by atoms with Crippen LogP contribution < -0.4 is 0 Å². The van der Waals surface area contributed by atoms with Crippen molar-refractivity contribution < 1.29 is 5.11 Å². The summed E-state index contributed by atoms with van der Waals surface area (Å²) in [5.41, 5.74) is 0. The van der Waals surface area contributed by atoms with E-state index in [2.05, 4.69) is 31.4 Å². The third-order valence-electron chi connectivity index (χ3n) is 3.56. The molecule has 0 bridgehead atoms. The van der Waals surface area contributed by atoms with Crippen molar-refractivity contribution in [1.82, 2.24) is 4.90 Å². The molecule has 1 rings (SSSR count). The standard InChI is InChI=1S/C12H25NOS/c1-10(5-8-15)3-6-13-7-4-11(2)12(14)9-13/h10-12,14-15H,3-9H2,1-2H3. The summed E-state index contributed by atoms with van der Waals surface area (Å²) in [6.07, 6.45) is 3.47. The van der Waals surface area contributed by atoms with Gasteiger partial charge in [-0.15, -0.1) is 0 Å². The molecule has 0 amide bonds. The Morgan fingerprint density at radius 1 is 1.47 bits per heavy atom. The van der Waals surface area contributed by atoms with Crippen LogP contribution in [0.25, 0.3) is 0 Å². The van der Waals surface area contributed by atoms with E-state index in [9.17, 15) is 5.11 Å². The molecule has 0 aromatic carbocycles. The highest BCUT2D eigenvalue weighted by Crippen LogP contribution is 2.18. The molecule has 1 N–H and O–H groups in total. The lowest BCUT2D eigenvalue weighted by molar-refractivity contribution is 0.0273. The Balaban J connectivity index is 2.16. The maximum atomic E-state index is 9.76. The molecule has 0 aliphatic carbocycles. The molecule has 0 aromatic heterocycles. The molecule has 1 saturated heterocycles. The summed E-state index contributed by atoms with van der Waals surface area (Å²) >= 11 is 4.25. The van der Waals surface area contributed by atoms with Crippen LogP contribution in [0.2, 0.25) is 0 Å². The summed E-state index contributed by atoms with van der Waals surface area (Å²) < 4.78 is 0. The van der Waals surface area contributed by atoms with Crippen molar-refractivity contribution in [3.8, 4) is 0 Å². The summed E-state index contributed by atoms with van der Waals surface area (Å²) in [7, 11) is 0. The predicted molar refractivity (Wildman–Crippen MR) is 68.5 cm³/mol. The SMILES string of the molecule is CC(CCS)CCN1CCC(C)C(O)C1. The number of aliphatic hydroxyl groups is 1. The third kappa shape index (κ3) is 4.75. The summed E-state index contributed by atoms with van der Waals surface area (Å²) in [4.78, 5) is 2.40. The first-order valence-electron chi connectivity index (χ1n) is 6.14. The average molecular weight is 231 g/mol. The lowest BCUT2D eigenvalue weighted by Crippen LogP contribution is -2.43. The van der Waals surface area contributed by atoms with Crippen LogP contribution >= 0.6 is 12.6 Å². The number of hydrogen-bond acceptors (Lipinski definition) is 3. The zero-order valence-electron chi connectivity index (χ0n) is 10.0. The smallest absolute Gasteiger partial charge is 0.0693 e. The van der Waals surface area contributed by atoms with E-state index < -0.39 is 0 Å². The van der Waals surface area contributed by atoms with Crippen molar-refractivity contribution in [3.63, 3.8) is 0 Å². The monoisotopic (exact) mass is 231 g/mol. The largest absolute Gasteiger partial charge is 0.392 e. The molecule has 3 unspecified atom stereocenters. The number of aliphatic hydroxyl groups excluding tert-OH is 1. The van der Waals surface area contributed by atoms with E-state index in [4.69, 9.17) is 0 Å². The Labute approximate surface area is 99.5 Å². The summed E-state index contributed by atoms with van der Waals surface area (Å²) in [6, 6.07) is 0. The second-order valence-corrected chi connectivity index (χ2v) is 5.49. The van der Waals surface area contributed by atoms with Crippen molar-refractivity contribution >= 4 is 12.6 Å². The van der Waals surface area contributed by atoms with Gasteiger partial charge in [-0.3, -0.25) is 0 Å². The van der Waals surface area contributed by atoms with Gasteiger partial charge in [0.25, 0.3) is 0 Å². The van der Waals surface area contributed by atoms with E-state index in [1.165, 1.54) is 12.8 Å². The van der Waals surface area contributed by atoms with Crippen molar-refractivity contribution in [2.75, 3.05) is 25.4 Å². The second kappa shape index (κ2) is 6.77. The van der Waals surface area contributed by atoms with Gasteiger partial charge in [0.2, 0.25) is 0 Å². The molecule has 90 valence electrons. The van der Waals surface area contributed by atoms with E-state index >= 15 is 0 Å². The van der Waals surface area contributed by atoms with Gasteiger partial charge in [-0.25, -0.2) is 0 Å². The minimum absolute atomic E-state index is 0.112. The van der Waals surface area contributed by atoms with E-state index in [1.54, 1.807) is 0 Å². The first kappa shape index (κ1) is 13.3. The fourth-order valence-electron chi connectivity index (χ4n) is 2.09. The number of likely N-dealkylation sites (tertiary alicyclic amines) is 1. The van der Waals surface area contributed by atoms with Crippen LogP contribution in [0.3, 0.4) is 0 Å². The zero-order chi connectivity index (χ0) is 11.3. The quantitative estimate of drug-likeness (QED) is 0.707. The highest BCUT2D eigenvalue weighted by atomic mass is 32.1. The van der Waals surface area contributed by atoms with Gasteiger partial charge in [0.15, 0.2) is 0 Å². The Morgan fingerprint density at radius 3 is 2.80 bits per heavy atom. The predicted octanol–water partition coefficient (Wildman–Crippen LogP) is 2.04. The van der Waals surface area contributed by atoms with Crippen molar-refractivity contribution in [1.29, 1.82) is 0 Å². The first-order valence-corrected chi connectivity index (χ1v) is 6.78. The summed E-state index contributed by atoms with van der Waals surface area (Å²) in [6.45, 7) is 7.60. The molecule has 1 fully saturated rings. The topological polar surface area (TPSA) is 23.5 Å². The van der Waals surface area contributed by atoms with Gasteiger partial charge in [-0.05, 0) is 49.9 Å². The molecule has 3 atom stereocenters. The van der Waals surface area contributed by atoms with Gasteiger partial charge in [0.05, 0.1) is 6.10 Å². The van der Waals surface area contributed by atoms with Crippen molar-refractivity contribution in [3.05, 3.63) is 0 Å². The Morgan fingerprint density at radius 2 is 2.20 bits per heavy atom. The van der Waals surface area contributed by atoms with Crippen LogP contribution in [0.1, 0.15) is 33.1 Å². The fraction of sp³-hybridized carbons (Fsp3) is 1.00. The van der Waals surface area contributed by atoms with Gasteiger partial charge < -0.3 is 10.0 Å². The molecule has 1 aliphatic heterocycles. The summed E-state index contributed by atoms with van der Waals surface area (Å²) in [5.74, 6) is 2.23. The van der Waals surface area contributed by atoms with Gasteiger partial charge in [0, 0.05) is 6.54 Å². The number of hydrogen-bond donors (Lipinski definition) is 2. The lowest BCUT2D eigenvalue weighted by atomic mass is 9.95. The van der Waals surface area contributed by atoms with Gasteiger partial charge in [-0.1, -0.05) is 13.8 Å². The Kier molecular flexibility index (Phi) is 6.02. The normalized spacial score (nSPS) is 30.4. The highest BCUT2D eigenvalue weighted by molar-refractivity contribution is 7.80. The van der Waals surface area contributed by atoms with Crippen molar-refractivity contribution in [2.24, 2.45) is 11.8 Å². The van der Waals surface area contributed by atoms with Crippen LogP contribution in [-0.2, 0) is 0 Å². The highest BCUT2D eigenvalue weighted by Gasteiger charge is 2.23. The van der Waals surface area contributed by atoms with Crippen LogP contribution in [0, 0.1) is 11.8 Å². The number of nitrogens with zero attached hydrogens (tertiary/aromatic N) is 1. The van der Waals surface area contributed by atoms with Crippen LogP contribution in [0.15, 0.2) is 0 Å². The maximum absolute atomic E-state index is 9.76. The molecule has 1 aliphatic rings. The molecule has 3 heteroatoms. The third-order valence-corrected chi connectivity index (χ3v) is 3.82. The number of rotatable bonds is 5. The van der Waals surface area contributed by atoms with Gasteiger partial charge >= 0.3 is 0 Å². The van der Waals surface area contributed by atoms with Crippen LogP contribution in [0.4, 0.5) is 0 Å². The van der Waals surface area contributed by atoms with Crippen LogP contribution in [-0.4, -0.2) is 41.5 Å². The molecule has 0 aromatic rings. The zero-order valence-corrected chi connectivity index (χ0v) is 10.9. The first-order chi connectivity index (χ1) is 7.13. The molecular formula is C12H25NOS. The molecule has 0 radical (unpaired) electrons. The second-order valence-electron chi connectivity index (χ2n) is 5.04. The van der Waals surface area contributed by atoms with Gasteiger partial charge in [-0.2, -0.15) is 12.6 Å². The average Bonchev–Trinajstić information content (AvgIpc) is 2.20. The molecule has 2 nitrogen and oxygen atoms in total. The van der Waals surface area contributed by atoms with Crippen LogP contribution in [0.5, 0.6) is 0 Å². The molecule has 0 spiro atoms. The molecular weight excluding hydrogens is 206 g/mol. The fourth-order valence-corrected chi connectivity index (χ4v) is 2.53. The molecule has 1 heterocycles. The minimum atomic E-state index is -0.112. The molecule has 15 heavy (non-hydrogen) atoms. The molecule has 0 saturated carbocycles. The van der Waals surface area contributed by atoms with E-state index in [0.717, 1.165) is 37.7 Å². The number of β-amino-alcohol motifs (C(OH)–C–C–N with tert-alkyl or cyclic N) is 1. The van der Waals surface area contributed by atoms with E-state index in [-0.39, 0.29) is 6.10 Å². The summed E-state index contributed by atoms with van der Waals surface area (Å²) in [5, 5.41) is 9.76.